The van der Waals surface area contributed by atoms with Crippen LogP contribution in [0.1, 0.15) is 42.0 Å². The number of guanidine groups is 1. The maximum atomic E-state index is 4.73. The molecule has 4 heteroatoms. The van der Waals surface area contributed by atoms with Crippen LogP contribution in [0.4, 0.5) is 0 Å². The zero-order valence-corrected chi connectivity index (χ0v) is 16.0. The van der Waals surface area contributed by atoms with Gasteiger partial charge in [-0.2, -0.15) is 0 Å². The van der Waals surface area contributed by atoms with Crippen LogP contribution in [0.25, 0.3) is 0 Å². The Morgan fingerprint density at radius 3 is 2.29 bits per heavy atom. The van der Waals surface area contributed by atoms with Crippen LogP contribution in [0.2, 0.25) is 0 Å². The van der Waals surface area contributed by atoms with E-state index in [1.165, 1.54) is 35.1 Å². The van der Waals surface area contributed by atoms with Crippen molar-refractivity contribution < 1.29 is 0 Å². The van der Waals surface area contributed by atoms with Gasteiger partial charge >= 0.3 is 0 Å². The highest BCUT2D eigenvalue weighted by Gasteiger charge is 2.21. The number of hydrogen-bond acceptors (Lipinski definition) is 1. The first-order valence-electron chi connectivity index (χ1n) is 7.69. The number of rotatable bonds is 5. The van der Waals surface area contributed by atoms with Crippen molar-refractivity contribution in [3.63, 3.8) is 0 Å². The van der Waals surface area contributed by atoms with Gasteiger partial charge in [0.25, 0.3) is 0 Å². The summed E-state index contributed by atoms with van der Waals surface area (Å²) in [4.78, 5) is 4.73. The van der Waals surface area contributed by atoms with Crippen LogP contribution >= 0.6 is 24.0 Å². The van der Waals surface area contributed by atoms with Gasteiger partial charge in [-0.05, 0) is 63.1 Å². The highest BCUT2D eigenvalue weighted by Crippen LogP contribution is 2.27. The summed E-state index contributed by atoms with van der Waals surface area (Å²) in [6.45, 7) is 11.3. The van der Waals surface area contributed by atoms with Crippen LogP contribution in [0.3, 0.4) is 0 Å². The number of benzene rings is 1. The molecule has 3 nitrogen and oxygen atoms in total. The second-order valence-corrected chi connectivity index (χ2v) is 5.90. The maximum Gasteiger partial charge on any atom is 0.191 e. The lowest BCUT2D eigenvalue weighted by Crippen LogP contribution is -2.38. The molecule has 1 aliphatic carbocycles. The number of halogens is 1. The molecule has 21 heavy (non-hydrogen) atoms. The van der Waals surface area contributed by atoms with Crippen LogP contribution in [0, 0.1) is 26.7 Å². The maximum absolute atomic E-state index is 4.73. The van der Waals surface area contributed by atoms with E-state index in [9.17, 15) is 0 Å². The molecule has 0 bridgehead atoms. The quantitative estimate of drug-likeness (QED) is 0.449. The van der Waals surface area contributed by atoms with Crippen molar-refractivity contribution in [2.24, 2.45) is 10.9 Å². The lowest BCUT2D eigenvalue weighted by Gasteiger charge is -2.13. The van der Waals surface area contributed by atoms with E-state index in [2.05, 4.69) is 50.5 Å². The third-order valence-electron chi connectivity index (χ3n) is 3.83. The molecule has 0 heterocycles. The summed E-state index contributed by atoms with van der Waals surface area (Å²) in [5.74, 6) is 1.81. The van der Waals surface area contributed by atoms with Gasteiger partial charge in [0.2, 0.25) is 0 Å². The van der Waals surface area contributed by atoms with Gasteiger partial charge in [0.15, 0.2) is 5.96 Å². The predicted molar refractivity (Wildman–Crippen MR) is 102 cm³/mol. The number of nitrogens with zero attached hydrogens (tertiary/aromatic N) is 1. The Kier molecular flexibility index (Phi) is 7.49. The fraction of sp³-hybridized carbons (Fsp3) is 0.588. The zero-order valence-electron chi connectivity index (χ0n) is 13.6. The van der Waals surface area contributed by atoms with E-state index >= 15 is 0 Å². The minimum atomic E-state index is 0. The second kappa shape index (κ2) is 8.61. The summed E-state index contributed by atoms with van der Waals surface area (Å²) >= 11 is 0. The first kappa shape index (κ1) is 18.3. The summed E-state index contributed by atoms with van der Waals surface area (Å²) < 4.78 is 0. The third-order valence-corrected chi connectivity index (χ3v) is 3.83. The number of aryl methyl sites for hydroxylation is 3. The molecule has 0 unspecified atom stereocenters. The minimum absolute atomic E-state index is 0. The first-order valence-corrected chi connectivity index (χ1v) is 7.69. The molecule has 0 atom stereocenters. The van der Waals surface area contributed by atoms with Gasteiger partial charge in [-0.1, -0.05) is 17.7 Å². The Hall–Kier alpha value is -0.780. The predicted octanol–water partition coefficient (Wildman–Crippen LogP) is 3.69. The molecule has 1 fully saturated rings. The van der Waals surface area contributed by atoms with Gasteiger partial charge < -0.3 is 10.6 Å². The molecule has 1 aromatic carbocycles. The third kappa shape index (κ3) is 5.85. The Morgan fingerprint density at radius 1 is 1.14 bits per heavy atom. The Labute approximate surface area is 146 Å². The molecule has 118 valence electrons. The summed E-state index contributed by atoms with van der Waals surface area (Å²) in [5.41, 5.74) is 5.35. The zero-order chi connectivity index (χ0) is 14.5. The monoisotopic (exact) mass is 401 g/mol. The summed E-state index contributed by atoms with van der Waals surface area (Å²) in [7, 11) is 0. The number of hydrogen-bond donors (Lipinski definition) is 2. The average molecular weight is 401 g/mol. The van der Waals surface area contributed by atoms with Gasteiger partial charge in [-0.3, -0.25) is 0 Å². The molecule has 0 saturated heterocycles. The van der Waals surface area contributed by atoms with Gasteiger partial charge in [-0.25, -0.2) is 4.99 Å². The second-order valence-electron chi connectivity index (χ2n) is 5.90. The molecule has 0 aromatic heterocycles. The summed E-state index contributed by atoms with van der Waals surface area (Å²) in [6, 6.07) is 4.48. The Bertz CT molecular complexity index is 470. The summed E-state index contributed by atoms with van der Waals surface area (Å²) in [5, 5.41) is 6.77. The molecule has 2 rings (SSSR count). The van der Waals surface area contributed by atoms with Gasteiger partial charge in [-0.15, -0.1) is 24.0 Å². The van der Waals surface area contributed by atoms with E-state index in [0.717, 1.165) is 31.5 Å². The summed E-state index contributed by atoms with van der Waals surface area (Å²) in [6.07, 6.45) is 2.73. The molecule has 2 N–H and O–H groups in total. The molecule has 1 aliphatic rings. The van der Waals surface area contributed by atoms with Crippen LogP contribution in [0.15, 0.2) is 17.1 Å². The highest BCUT2D eigenvalue weighted by atomic mass is 127. The van der Waals surface area contributed by atoms with Crippen LogP contribution in [-0.2, 0) is 6.54 Å². The molecule has 0 spiro atoms. The molecule has 0 amide bonds. The molecule has 1 saturated carbocycles. The largest absolute Gasteiger partial charge is 0.357 e. The van der Waals surface area contributed by atoms with Gasteiger partial charge in [0, 0.05) is 13.1 Å². The van der Waals surface area contributed by atoms with Crippen molar-refractivity contribution >= 4 is 29.9 Å². The molecule has 0 radical (unpaired) electrons. The van der Waals surface area contributed by atoms with Crippen molar-refractivity contribution in [2.45, 2.75) is 47.1 Å². The van der Waals surface area contributed by atoms with Crippen molar-refractivity contribution in [3.8, 4) is 0 Å². The fourth-order valence-corrected chi connectivity index (χ4v) is 2.52. The van der Waals surface area contributed by atoms with Gasteiger partial charge in [0.1, 0.15) is 0 Å². The van der Waals surface area contributed by atoms with Crippen LogP contribution < -0.4 is 10.6 Å². The SMILES string of the molecule is CCNC(=NCc1c(C)cc(C)cc1C)NCC1CC1.I. The van der Waals surface area contributed by atoms with Gasteiger partial charge in [0.05, 0.1) is 6.54 Å². The van der Waals surface area contributed by atoms with E-state index in [0.29, 0.717) is 0 Å². The first-order chi connectivity index (χ1) is 9.60. The number of aliphatic imine (C=N–C) groups is 1. The number of nitrogens with one attached hydrogen (secondary N) is 2. The molecular formula is C17H28IN3. The van der Waals surface area contributed by atoms with E-state index in [1.807, 2.05) is 0 Å². The molecule has 0 aliphatic heterocycles. The van der Waals surface area contributed by atoms with Crippen molar-refractivity contribution in [1.82, 2.24) is 10.6 Å². The molecular weight excluding hydrogens is 373 g/mol. The standard InChI is InChI=1S/C17H27N3.HI/c1-5-18-17(19-10-15-6-7-15)20-11-16-13(3)8-12(2)9-14(16)4;/h8-9,15H,5-7,10-11H2,1-4H3,(H2,18,19,20);1H. The van der Waals surface area contributed by atoms with E-state index in [4.69, 9.17) is 4.99 Å². The van der Waals surface area contributed by atoms with E-state index in [-0.39, 0.29) is 24.0 Å². The Balaban J connectivity index is 0.00000220. The van der Waals surface area contributed by atoms with Crippen LogP contribution in [-0.4, -0.2) is 19.0 Å². The molecule has 1 aromatic rings. The van der Waals surface area contributed by atoms with Crippen molar-refractivity contribution in [1.29, 1.82) is 0 Å². The fourth-order valence-electron chi connectivity index (χ4n) is 2.52. The smallest absolute Gasteiger partial charge is 0.191 e. The van der Waals surface area contributed by atoms with E-state index in [1.54, 1.807) is 0 Å². The topological polar surface area (TPSA) is 36.4 Å². The van der Waals surface area contributed by atoms with Crippen molar-refractivity contribution in [3.05, 3.63) is 34.4 Å². The van der Waals surface area contributed by atoms with Crippen LogP contribution in [0.5, 0.6) is 0 Å². The van der Waals surface area contributed by atoms with Crippen molar-refractivity contribution in [2.75, 3.05) is 13.1 Å². The highest BCUT2D eigenvalue weighted by molar-refractivity contribution is 14.0. The average Bonchev–Trinajstić information content (AvgIpc) is 3.18. The lowest BCUT2D eigenvalue weighted by molar-refractivity contribution is 0.739. The van der Waals surface area contributed by atoms with E-state index < -0.39 is 0 Å². The normalized spacial score (nSPS) is 14.6. The Morgan fingerprint density at radius 2 is 1.76 bits per heavy atom. The lowest BCUT2D eigenvalue weighted by atomic mass is 10.00. The minimum Gasteiger partial charge on any atom is -0.357 e.